The van der Waals surface area contributed by atoms with Crippen LogP contribution in [0.3, 0.4) is 0 Å². The van der Waals surface area contributed by atoms with Gasteiger partial charge < -0.3 is 4.74 Å². The number of aryl methyl sites for hydroxylation is 1. The summed E-state index contributed by atoms with van der Waals surface area (Å²) in [5.41, 5.74) is 0.616. The Balaban J connectivity index is 1.33. The number of benzene rings is 2. The van der Waals surface area contributed by atoms with Crippen molar-refractivity contribution >= 4 is 32.7 Å². The van der Waals surface area contributed by atoms with Crippen LogP contribution in [-0.2, 0) is 33.0 Å². The van der Waals surface area contributed by atoms with Crippen LogP contribution in [-0.4, -0.2) is 53.7 Å². The lowest BCUT2D eigenvalue weighted by Crippen LogP contribution is -2.27. The van der Waals surface area contributed by atoms with Gasteiger partial charge in [0.15, 0.2) is 12.4 Å². The number of sulfonamides is 1. The van der Waals surface area contributed by atoms with Gasteiger partial charge in [-0.05, 0) is 49.2 Å². The minimum absolute atomic E-state index is 0.0427. The van der Waals surface area contributed by atoms with Crippen molar-refractivity contribution in [2.45, 2.75) is 30.6 Å². The molecule has 0 atom stereocenters. The van der Waals surface area contributed by atoms with Gasteiger partial charge in [-0.2, -0.15) is 4.31 Å². The highest BCUT2D eigenvalue weighted by atomic mass is 32.2. The van der Waals surface area contributed by atoms with Crippen molar-refractivity contribution in [2.75, 3.05) is 19.7 Å². The van der Waals surface area contributed by atoms with E-state index in [9.17, 15) is 22.8 Å². The second-order valence-electron chi connectivity index (χ2n) is 8.13. The van der Waals surface area contributed by atoms with Gasteiger partial charge in [0.2, 0.25) is 10.0 Å². The summed E-state index contributed by atoms with van der Waals surface area (Å²) in [5, 5.41) is 0.501. The van der Waals surface area contributed by atoms with Gasteiger partial charge in [0.05, 0.1) is 22.2 Å². The van der Waals surface area contributed by atoms with Gasteiger partial charge in [-0.15, -0.1) is 0 Å². The van der Waals surface area contributed by atoms with E-state index in [1.54, 1.807) is 31.3 Å². The molecular formula is C24H25N3O6S. The van der Waals surface area contributed by atoms with E-state index in [-0.39, 0.29) is 28.9 Å². The standard InChI is InChI=1S/C24H25N3O6S/c1-26-22(25-20-7-3-2-6-19(20)24(26)30)12-13-23(29)33-16-21(28)17-8-10-18(11-9-17)34(31,32)27-14-4-5-15-27/h2-3,6-11H,4-5,12-16H2,1H3. The highest BCUT2D eigenvalue weighted by Gasteiger charge is 2.27. The average molecular weight is 484 g/mol. The Labute approximate surface area is 197 Å². The zero-order valence-corrected chi connectivity index (χ0v) is 19.6. The van der Waals surface area contributed by atoms with E-state index in [2.05, 4.69) is 4.98 Å². The molecule has 34 heavy (non-hydrogen) atoms. The maximum absolute atomic E-state index is 12.6. The summed E-state index contributed by atoms with van der Waals surface area (Å²) < 4.78 is 33.1. The fraction of sp³-hybridized carbons (Fsp3) is 0.333. The van der Waals surface area contributed by atoms with Crippen molar-refractivity contribution < 1.29 is 22.7 Å². The third-order valence-corrected chi connectivity index (χ3v) is 7.78. The van der Waals surface area contributed by atoms with Crippen LogP contribution in [0.15, 0.2) is 58.2 Å². The fourth-order valence-corrected chi connectivity index (χ4v) is 5.41. The van der Waals surface area contributed by atoms with E-state index < -0.39 is 28.4 Å². The van der Waals surface area contributed by atoms with Crippen LogP contribution in [0.4, 0.5) is 0 Å². The van der Waals surface area contributed by atoms with E-state index in [0.717, 1.165) is 12.8 Å². The van der Waals surface area contributed by atoms with Crippen LogP contribution in [0.1, 0.15) is 35.4 Å². The second kappa shape index (κ2) is 9.86. The number of fused-ring (bicyclic) bond motifs is 1. The van der Waals surface area contributed by atoms with Gasteiger partial charge in [0, 0.05) is 32.1 Å². The second-order valence-corrected chi connectivity index (χ2v) is 10.1. The van der Waals surface area contributed by atoms with Crippen molar-refractivity contribution in [2.24, 2.45) is 7.05 Å². The molecule has 2 aromatic carbocycles. The van der Waals surface area contributed by atoms with E-state index in [1.165, 1.54) is 33.1 Å². The van der Waals surface area contributed by atoms with Crippen LogP contribution < -0.4 is 5.56 Å². The van der Waals surface area contributed by atoms with E-state index >= 15 is 0 Å². The molecule has 178 valence electrons. The number of nitrogens with zero attached hydrogens (tertiary/aromatic N) is 3. The highest BCUT2D eigenvalue weighted by molar-refractivity contribution is 7.89. The van der Waals surface area contributed by atoms with E-state index in [4.69, 9.17) is 4.74 Å². The summed E-state index contributed by atoms with van der Waals surface area (Å²) >= 11 is 0. The van der Waals surface area contributed by atoms with Crippen LogP contribution in [0.2, 0.25) is 0 Å². The minimum atomic E-state index is -3.55. The first-order valence-electron chi connectivity index (χ1n) is 11.0. The highest BCUT2D eigenvalue weighted by Crippen LogP contribution is 2.21. The molecule has 0 saturated carbocycles. The smallest absolute Gasteiger partial charge is 0.306 e. The van der Waals surface area contributed by atoms with Crippen molar-refractivity contribution in [1.29, 1.82) is 0 Å². The van der Waals surface area contributed by atoms with Gasteiger partial charge in [0.1, 0.15) is 5.82 Å². The SMILES string of the molecule is Cn1c(CCC(=O)OCC(=O)c2ccc(S(=O)(=O)N3CCCC3)cc2)nc2ccccc2c1=O. The molecule has 1 fully saturated rings. The van der Waals surface area contributed by atoms with Crippen LogP contribution in [0, 0.1) is 0 Å². The quantitative estimate of drug-likeness (QED) is 0.356. The number of Topliss-reactive ketones (excluding diaryl/α,β-unsaturated/α-hetero) is 1. The summed E-state index contributed by atoms with van der Waals surface area (Å²) in [5.74, 6) is -0.583. The van der Waals surface area contributed by atoms with Gasteiger partial charge in [-0.1, -0.05) is 12.1 Å². The molecule has 0 N–H and O–H groups in total. The Bertz CT molecular complexity index is 1390. The molecule has 0 radical (unpaired) electrons. The van der Waals surface area contributed by atoms with Gasteiger partial charge >= 0.3 is 5.97 Å². The number of ketones is 1. The Hall–Kier alpha value is -3.37. The maximum Gasteiger partial charge on any atom is 0.306 e. The molecule has 1 aromatic heterocycles. The summed E-state index contributed by atoms with van der Waals surface area (Å²) in [6.45, 7) is 0.546. The lowest BCUT2D eigenvalue weighted by atomic mass is 10.1. The van der Waals surface area contributed by atoms with Crippen molar-refractivity contribution in [1.82, 2.24) is 13.9 Å². The molecule has 0 amide bonds. The van der Waals surface area contributed by atoms with Gasteiger partial charge in [-0.25, -0.2) is 13.4 Å². The number of hydrogen-bond acceptors (Lipinski definition) is 7. The normalized spacial score (nSPS) is 14.4. The summed E-state index contributed by atoms with van der Waals surface area (Å²) in [6, 6.07) is 12.6. The zero-order valence-electron chi connectivity index (χ0n) is 18.8. The predicted molar refractivity (Wildman–Crippen MR) is 125 cm³/mol. The summed E-state index contributed by atoms with van der Waals surface area (Å²) in [4.78, 5) is 41.6. The number of carbonyl (C=O) groups excluding carboxylic acids is 2. The lowest BCUT2D eigenvalue weighted by molar-refractivity contribution is -0.142. The first-order valence-corrected chi connectivity index (χ1v) is 12.4. The molecule has 3 aromatic rings. The molecule has 0 aliphatic carbocycles. The zero-order chi connectivity index (χ0) is 24.3. The molecule has 1 aliphatic heterocycles. The monoisotopic (exact) mass is 483 g/mol. The number of aromatic nitrogens is 2. The predicted octanol–water partition coefficient (Wildman–Crippen LogP) is 2.08. The molecule has 10 heteroatoms. The van der Waals surface area contributed by atoms with Gasteiger partial charge in [-0.3, -0.25) is 19.0 Å². The Morgan fingerprint density at radius 2 is 1.71 bits per heavy atom. The summed E-state index contributed by atoms with van der Waals surface area (Å²) in [7, 11) is -1.96. The van der Waals surface area contributed by atoms with Crippen molar-refractivity contribution in [3.8, 4) is 0 Å². The number of hydrogen-bond donors (Lipinski definition) is 0. The van der Waals surface area contributed by atoms with Crippen molar-refractivity contribution in [3.63, 3.8) is 0 Å². The number of rotatable bonds is 8. The number of ether oxygens (including phenoxy) is 1. The third-order valence-electron chi connectivity index (χ3n) is 5.87. The average Bonchev–Trinajstić information content (AvgIpc) is 3.40. The molecule has 2 heterocycles. The molecule has 4 rings (SSSR count). The number of esters is 1. The van der Waals surface area contributed by atoms with E-state index in [0.29, 0.717) is 29.8 Å². The molecule has 0 spiro atoms. The Morgan fingerprint density at radius 3 is 2.41 bits per heavy atom. The Kier molecular flexibility index (Phi) is 6.90. The lowest BCUT2D eigenvalue weighted by Gasteiger charge is -2.15. The first-order chi connectivity index (χ1) is 16.3. The fourth-order valence-electron chi connectivity index (χ4n) is 3.89. The molecule has 0 bridgehead atoms. The molecule has 1 saturated heterocycles. The molecule has 1 aliphatic rings. The summed E-state index contributed by atoms with van der Waals surface area (Å²) in [6.07, 6.45) is 1.83. The number of para-hydroxylation sites is 1. The number of carbonyl (C=O) groups is 2. The van der Waals surface area contributed by atoms with Crippen LogP contribution >= 0.6 is 0 Å². The molecule has 9 nitrogen and oxygen atoms in total. The maximum atomic E-state index is 12.6. The minimum Gasteiger partial charge on any atom is -0.457 e. The molecule has 0 unspecified atom stereocenters. The van der Waals surface area contributed by atoms with Crippen LogP contribution in [0.25, 0.3) is 10.9 Å². The van der Waals surface area contributed by atoms with Gasteiger partial charge in [0.25, 0.3) is 5.56 Å². The Morgan fingerprint density at radius 1 is 1.03 bits per heavy atom. The van der Waals surface area contributed by atoms with E-state index in [1.807, 2.05) is 0 Å². The largest absolute Gasteiger partial charge is 0.457 e. The van der Waals surface area contributed by atoms with Crippen LogP contribution in [0.5, 0.6) is 0 Å². The molecular weight excluding hydrogens is 458 g/mol. The first kappa shape index (κ1) is 23.8. The third kappa shape index (κ3) is 4.92. The van der Waals surface area contributed by atoms with Crippen molar-refractivity contribution in [3.05, 3.63) is 70.3 Å². The topological polar surface area (TPSA) is 116 Å².